The Morgan fingerprint density at radius 3 is 2.52 bits per heavy atom. The highest BCUT2D eigenvalue weighted by molar-refractivity contribution is 5.87. The summed E-state index contributed by atoms with van der Waals surface area (Å²) in [7, 11) is 0. The molecule has 0 saturated heterocycles. The quantitative estimate of drug-likeness (QED) is 0.522. The predicted octanol–water partition coefficient (Wildman–Crippen LogP) is 5.09. The van der Waals surface area contributed by atoms with Crippen molar-refractivity contribution in [3.05, 3.63) is 78.1 Å². The van der Waals surface area contributed by atoms with Gasteiger partial charge in [-0.1, -0.05) is 54.6 Å². The molecule has 0 saturated carbocycles. The standard InChI is InChI=1S/C22H18F3N3O/c1-14(16-10-6-8-15-7-2-3-9-17(15)16)26-20(29)13-28-19-12-5-4-11-18(19)27-21(28)22(23,24)25/h2-12,14H,13H2,1H3,(H,26,29). The lowest BCUT2D eigenvalue weighted by atomic mass is 10.00. The van der Waals surface area contributed by atoms with E-state index in [-0.39, 0.29) is 17.1 Å². The number of nitrogens with zero attached hydrogens (tertiary/aromatic N) is 2. The summed E-state index contributed by atoms with van der Waals surface area (Å²) in [5.41, 5.74) is 1.38. The lowest BCUT2D eigenvalue weighted by molar-refractivity contribution is -0.147. The zero-order chi connectivity index (χ0) is 20.6. The Kier molecular flexibility index (Phi) is 4.74. The molecule has 0 radical (unpaired) electrons. The third-order valence-electron chi connectivity index (χ3n) is 4.88. The molecule has 0 spiro atoms. The van der Waals surface area contributed by atoms with E-state index in [4.69, 9.17) is 0 Å². The molecule has 1 aromatic heterocycles. The summed E-state index contributed by atoms with van der Waals surface area (Å²) in [4.78, 5) is 16.3. The van der Waals surface area contributed by atoms with Gasteiger partial charge in [0.1, 0.15) is 6.54 Å². The smallest absolute Gasteiger partial charge is 0.348 e. The molecule has 7 heteroatoms. The summed E-state index contributed by atoms with van der Waals surface area (Å²) < 4.78 is 41.2. The van der Waals surface area contributed by atoms with Crippen LogP contribution < -0.4 is 5.32 Å². The van der Waals surface area contributed by atoms with Crippen LogP contribution in [-0.2, 0) is 17.5 Å². The van der Waals surface area contributed by atoms with Crippen LogP contribution in [0.5, 0.6) is 0 Å². The van der Waals surface area contributed by atoms with Crippen LogP contribution in [0.2, 0.25) is 0 Å². The Balaban J connectivity index is 1.62. The van der Waals surface area contributed by atoms with Gasteiger partial charge in [0.15, 0.2) is 0 Å². The van der Waals surface area contributed by atoms with Gasteiger partial charge in [-0.3, -0.25) is 4.79 Å². The minimum Gasteiger partial charge on any atom is -0.348 e. The first kappa shape index (κ1) is 19.0. The fourth-order valence-electron chi connectivity index (χ4n) is 3.59. The van der Waals surface area contributed by atoms with Crippen molar-refractivity contribution in [1.82, 2.24) is 14.9 Å². The number of amides is 1. The second kappa shape index (κ2) is 7.24. The summed E-state index contributed by atoms with van der Waals surface area (Å²) >= 11 is 0. The molecule has 0 bridgehead atoms. The molecule has 3 aromatic carbocycles. The molecule has 0 aliphatic rings. The molecule has 1 heterocycles. The van der Waals surface area contributed by atoms with Crippen molar-refractivity contribution < 1.29 is 18.0 Å². The predicted molar refractivity (Wildman–Crippen MR) is 105 cm³/mol. The van der Waals surface area contributed by atoms with Crippen LogP contribution in [0.25, 0.3) is 21.8 Å². The Bertz CT molecular complexity index is 1190. The van der Waals surface area contributed by atoms with Gasteiger partial charge in [-0.2, -0.15) is 13.2 Å². The summed E-state index contributed by atoms with van der Waals surface area (Å²) in [5.74, 6) is -1.59. The van der Waals surface area contributed by atoms with E-state index in [1.807, 2.05) is 49.4 Å². The number of hydrogen-bond donors (Lipinski definition) is 1. The molecule has 4 aromatic rings. The SMILES string of the molecule is CC(NC(=O)Cn1c(C(F)(F)F)nc2ccccc21)c1cccc2ccccc12. The molecule has 0 aliphatic heterocycles. The molecule has 1 atom stereocenters. The van der Waals surface area contributed by atoms with E-state index in [9.17, 15) is 18.0 Å². The number of carbonyl (C=O) groups excluding carboxylic acids is 1. The zero-order valence-electron chi connectivity index (χ0n) is 15.6. The minimum atomic E-state index is -4.65. The highest BCUT2D eigenvalue weighted by Crippen LogP contribution is 2.31. The number of carbonyl (C=O) groups is 1. The summed E-state index contributed by atoms with van der Waals surface area (Å²) in [5, 5.41) is 4.84. The molecule has 0 fully saturated rings. The first-order chi connectivity index (χ1) is 13.8. The maximum Gasteiger partial charge on any atom is 0.449 e. The number of benzene rings is 3. The number of alkyl halides is 3. The molecule has 1 N–H and O–H groups in total. The van der Waals surface area contributed by atoms with Crippen molar-refractivity contribution in [2.24, 2.45) is 0 Å². The number of fused-ring (bicyclic) bond motifs is 2. The molecule has 4 rings (SSSR count). The number of hydrogen-bond acceptors (Lipinski definition) is 2. The number of nitrogens with one attached hydrogen (secondary N) is 1. The maximum absolute atomic E-state index is 13.4. The third kappa shape index (κ3) is 3.68. The van der Waals surface area contributed by atoms with Gasteiger partial charge in [0.25, 0.3) is 0 Å². The van der Waals surface area contributed by atoms with Crippen LogP contribution in [0.4, 0.5) is 13.2 Å². The fraction of sp³-hybridized carbons (Fsp3) is 0.182. The first-order valence-corrected chi connectivity index (χ1v) is 9.14. The second-order valence-electron chi connectivity index (χ2n) is 6.87. The van der Waals surface area contributed by atoms with E-state index < -0.39 is 24.5 Å². The maximum atomic E-state index is 13.4. The Morgan fingerprint density at radius 1 is 1.03 bits per heavy atom. The van der Waals surface area contributed by atoms with Gasteiger partial charge >= 0.3 is 6.18 Å². The highest BCUT2D eigenvalue weighted by atomic mass is 19.4. The summed E-state index contributed by atoms with van der Waals surface area (Å²) in [6, 6.07) is 19.4. The van der Waals surface area contributed by atoms with Gasteiger partial charge in [0.2, 0.25) is 11.7 Å². The van der Waals surface area contributed by atoms with Gasteiger partial charge in [0.05, 0.1) is 17.1 Å². The summed E-state index contributed by atoms with van der Waals surface area (Å²) in [6.07, 6.45) is -4.65. The van der Waals surface area contributed by atoms with E-state index in [0.717, 1.165) is 20.9 Å². The zero-order valence-corrected chi connectivity index (χ0v) is 15.6. The Morgan fingerprint density at radius 2 is 1.72 bits per heavy atom. The largest absolute Gasteiger partial charge is 0.449 e. The average molecular weight is 397 g/mol. The fourth-order valence-corrected chi connectivity index (χ4v) is 3.59. The van der Waals surface area contributed by atoms with Gasteiger partial charge in [-0.05, 0) is 35.4 Å². The van der Waals surface area contributed by atoms with Crippen molar-refractivity contribution in [1.29, 1.82) is 0 Å². The minimum absolute atomic E-state index is 0.203. The van der Waals surface area contributed by atoms with Crippen LogP contribution in [0.15, 0.2) is 66.7 Å². The molecule has 4 nitrogen and oxygen atoms in total. The lowest BCUT2D eigenvalue weighted by Crippen LogP contribution is -2.31. The Labute approximate surface area is 165 Å². The number of aromatic nitrogens is 2. The molecule has 1 amide bonds. The first-order valence-electron chi connectivity index (χ1n) is 9.14. The van der Waals surface area contributed by atoms with Crippen molar-refractivity contribution in [3.8, 4) is 0 Å². The van der Waals surface area contributed by atoms with E-state index in [1.54, 1.807) is 12.1 Å². The monoisotopic (exact) mass is 397 g/mol. The Hall–Kier alpha value is -3.35. The van der Waals surface area contributed by atoms with Gasteiger partial charge in [-0.25, -0.2) is 4.98 Å². The van der Waals surface area contributed by atoms with E-state index in [1.165, 1.54) is 12.1 Å². The van der Waals surface area contributed by atoms with Crippen molar-refractivity contribution >= 4 is 27.7 Å². The van der Waals surface area contributed by atoms with Gasteiger partial charge < -0.3 is 9.88 Å². The molecule has 1 unspecified atom stereocenters. The van der Waals surface area contributed by atoms with Gasteiger partial charge in [-0.15, -0.1) is 0 Å². The molecule has 29 heavy (non-hydrogen) atoms. The topological polar surface area (TPSA) is 46.9 Å². The van der Waals surface area contributed by atoms with Crippen LogP contribution >= 0.6 is 0 Å². The average Bonchev–Trinajstić information content (AvgIpc) is 3.06. The lowest BCUT2D eigenvalue weighted by Gasteiger charge is -2.18. The van der Waals surface area contributed by atoms with Crippen molar-refractivity contribution in [2.45, 2.75) is 25.7 Å². The third-order valence-corrected chi connectivity index (χ3v) is 4.88. The normalized spacial score (nSPS) is 13.0. The molecular formula is C22H18F3N3O. The van der Waals surface area contributed by atoms with Crippen LogP contribution in [0, 0.1) is 0 Å². The summed E-state index contributed by atoms with van der Waals surface area (Å²) in [6.45, 7) is 1.35. The number of rotatable bonds is 4. The van der Waals surface area contributed by atoms with Crippen LogP contribution in [-0.4, -0.2) is 15.5 Å². The highest BCUT2D eigenvalue weighted by Gasteiger charge is 2.38. The van der Waals surface area contributed by atoms with E-state index in [2.05, 4.69) is 10.3 Å². The van der Waals surface area contributed by atoms with Crippen molar-refractivity contribution in [2.75, 3.05) is 0 Å². The van der Waals surface area contributed by atoms with Crippen molar-refractivity contribution in [3.63, 3.8) is 0 Å². The number of imidazole rings is 1. The van der Waals surface area contributed by atoms with E-state index in [0.29, 0.717) is 0 Å². The second-order valence-corrected chi connectivity index (χ2v) is 6.87. The van der Waals surface area contributed by atoms with Crippen LogP contribution in [0.1, 0.15) is 24.4 Å². The molecular weight excluding hydrogens is 379 g/mol. The molecule has 148 valence electrons. The van der Waals surface area contributed by atoms with Gasteiger partial charge in [0, 0.05) is 0 Å². The molecule has 0 aliphatic carbocycles. The van der Waals surface area contributed by atoms with E-state index >= 15 is 0 Å². The number of para-hydroxylation sites is 2. The number of halogens is 3. The van der Waals surface area contributed by atoms with Crippen LogP contribution in [0.3, 0.4) is 0 Å².